The number of methoxy groups -OCH3 is 1. The normalized spacial score (nSPS) is 11.2. The van der Waals surface area contributed by atoms with Crippen LogP contribution in [0.3, 0.4) is 0 Å². The van der Waals surface area contributed by atoms with Crippen molar-refractivity contribution in [3.05, 3.63) is 96.7 Å². The minimum absolute atomic E-state index is 0.0238. The Morgan fingerprint density at radius 1 is 0.919 bits per heavy atom. The lowest BCUT2D eigenvalue weighted by Gasteiger charge is -2.15. The fraction of sp³-hybridized carbons (Fsp3) is 0.0370. The summed E-state index contributed by atoms with van der Waals surface area (Å²) in [5.74, 6) is -0.0257. The maximum absolute atomic E-state index is 13.8. The van der Waals surface area contributed by atoms with Gasteiger partial charge in [0.15, 0.2) is 0 Å². The van der Waals surface area contributed by atoms with Crippen molar-refractivity contribution in [2.24, 2.45) is 0 Å². The molecular weight excluding hydrogens is 493 g/mol. The van der Waals surface area contributed by atoms with E-state index in [1.807, 2.05) is 0 Å². The van der Waals surface area contributed by atoms with Crippen molar-refractivity contribution >= 4 is 26.7 Å². The van der Waals surface area contributed by atoms with E-state index in [-0.39, 0.29) is 10.8 Å². The number of anilines is 1. The van der Waals surface area contributed by atoms with E-state index < -0.39 is 15.8 Å². The van der Waals surface area contributed by atoms with E-state index in [1.165, 1.54) is 43.8 Å². The number of rotatable bonds is 6. The number of nitrogens with one attached hydrogen (secondary N) is 1. The Hall–Kier alpha value is -4.88. The Morgan fingerprint density at radius 3 is 2.46 bits per heavy atom. The van der Waals surface area contributed by atoms with E-state index in [0.29, 0.717) is 44.5 Å². The molecule has 5 aromatic rings. The third-order valence-electron chi connectivity index (χ3n) is 5.69. The molecule has 8 nitrogen and oxygen atoms in total. The van der Waals surface area contributed by atoms with E-state index >= 15 is 0 Å². The third-order valence-corrected chi connectivity index (χ3v) is 7.01. The molecule has 0 bridgehead atoms. The lowest BCUT2D eigenvalue weighted by molar-refractivity contribution is 0.416. The molecule has 0 aliphatic heterocycles. The van der Waals surface area contributed by atoms with Crippen LogP contribution >= 0.6 is 0 Å². The molecular formula is C27H18FN5O3S. The first kappa shape index (κ1) is 23.8. The van der Waals surface area contributed by atoms with Gasteiger partial charge < -0.3 is 4.74 Å². The number of fused-ring (bicyclic) bond motifs is 1. The van der Waals surface area contributed by atoms with Crippen molar-refractivity contribution < 1.29 is 17.5 Å². The summed E-state index contributed by atoms with van der Waals surface area (Å²) in [5.41, 5.74) is 2.41. The molecule has 0 unspecified atom stereocenters. The van der Waals surface area contributed by atoms with Crippen molar-refractivity contribution in [2.75, 3.05) is 11.8 Å². The summed E-state index contributed by atoms with van der Waals surface area (Å²) in [6.45, 7) is 0. The second-order valence-corrected chi connectivity index (χ2v) is 9.62. The summed E-state index contributed by atoms with van der Waals surface area (Å²) >= 11 is 0. The lowest BCUT2D eigenvalue weighted by Crippen LogP contribution is -2.14. The van der Waals surface area contributed by atoms with Gasteiger partial charge in [0.25, 0.3) is 10.0 Å². The average Bonchev–Trinajstić information content (AvgIpc) is 2.92. The van der Waals surface area contributed by atoms with Crippen molar-refractivity contribution in [3.63, 3.8) is 0 Å². The van der Waals surface area contributed by atoms with Crippen molar-refractivity contribution in [1.29, 1.82) is 5.26 Å². The van der Waals surface area contributed by atoms with Crippen LogP contribution in [0, 0.1) is 17.1 Å². The molecule has 2 aromatic heterocycles. The van der Waals surface area contributed by atoms with E-state index in [2.05, 4.69) is 25.7 Å². The summed E-state index contributed by atoms with van der Waals surface area (Å²) in [6.07, 6.45) is 4.42. The zero-order valence-corrected chi connectivity index (χ0v) is 20.2. The minimum atomic E-state index is -3.94. The van der Waals surface area contributed by atoms with Gasteiger partial charge in [-0.2, -0.15) is 5.26 Å². The van der Waals surface area contributed by atoms with E-state index in [0.717, 1.165) is 0 Å². The number of hydrogen-bond acceptors (Lipinski definition) is 7. The molecule has 0 amide bonds. The van der Waals surface area contributed by atoms with E-state index in [1.54, 1.807) is 48.7 Å². The van der Waals surface area contributed by atoms with Gasteiger partial charge in [-0.15, -0.1) is 0 Å². The lowest BCUT2D eigenvalue weighted by atomic mass is 9.94. The highest BCUT2D eigenvalue weighted by atomic mass is 32.2. The first-order valence-corrected chi connectivity index (χ1v) is 12.4. The zero-order valence-electron chi connectivity index (χ0n) is 19.4. The van der Waals surface area contributed by atoms with Gasteiger partial charge >= 0.3 is 0 Å². The number of nitriles is 1. The Balaban J connectivity index is 1.62. The molecule has 0 radical (unpaired) electrons. The van der Waals surface area contributed by atoms with Gasteiger partial charge in [0.2, 0.25) is 5.95 Å². The first-order chi connectivity index (χ1) is 17.9. The number of ether oxygens (including phenoxy) is 1. The van der Waals surface area contributed by atoms with E-state index in [4.69, 9.17) is 4.74 Å². The maximum Gasteiger partial charge on any atom is 0.264 e. The molecule has 0 aliphatic rings. The molecule has 182 valence electrons. The minimum Gasteiger partial charge on any atom is -0.496 e. The number of nitrogens with zero attached hydrogens (tertiary/aromatic N) is 4. The molecule has 0 fully saturated rings. The highest BCUT2D eigenvalue weighted by Gasteiger charge is 2.20. The summed E-state index contributed by atoms with van der Waals surface area (Å²) in [7, 11) is -2.45. The fourth-order valence-corrected chi connectivity index (χ4v) is 4.98. The van der Waals surface area contributed by atoms with Crippen LogP contribution in [0.15, 0.2) is 90.2 Å². The van der Waals surface area contributed by atoms with Gasteiger partial charge in [-0.1, -0.05) is 18.2 Å². The predicted octanol–water partition coefficient (Wildman–Crippen LogP) is 5.18. The second-order valence-electron chi connectivity index (χ2n) is 7.94. The Kier molecular flexibility index (Phi) is 6.21. The fourth-order valence-electron chi connectivity index (χ4n) is 3.99. The monoisotopic (exact) mass is 511 g/mol. The number of aromatic nitrogens is 3. The van der Waals surface area contributed by atoms with Crippen molar-refractivity contribution in [1.82, 2.24) is 15.0 Å². The molecule has 0 atom stereocenters. The number of benzene rings is 3. The Labute approximate surface area is 212 Å². The van der Waals surface area contributed by atoms with Crippen LogP contribution in [0.2, 0.25) is 0 Å². The van der Waals surface area contributed by atoms with Crippen LogP contribution in [0.4, 0.5) is 10.3 Å². The molecule has 37 heavy (non-hydrogen) atoms. The summed E-state index contributed by atoms with van der Waals surface area (Å²) in [4.78, 5) is 12.3. The van der Waals surface area contributed by atoms with Gasteiger partial charge in [-0.05, 0) is 59.5 Å². The highest BCUT2D eigenvalue weighted by Crippen LogP contribution is 2.39. The van der Waals surface area contributed by atoms with Crippen LogP contribution in [-0.4, -0.2) is 30.5 Å². The number of halogens is 1. The van der Waals surface area contributed by atoms with Crippen LogP contribution in [0.25, 0.3) is 33.2 Å². The number of pyridine rings is 1. The molecule has 2 heterocycles. The smallest absolute Gasteiger partial charge is 0.264 e. The predicted molar refractivity (Wildman–Crippen MR) is 137 cm³/mol. The summed E-state index contributed by atoms with van der Waals surface area (Å²) < 4.78 is 47.6. The second kappa shape index (κ2) is 9.64. The van der Waals surface area contributed by atoms with Crippen LogP contribution < -0.4 is 9.46 Å². The molecule has 0 saturated carbocycles. The maximum atomic E-state index is 13.8. The van der Waals surface area contributed by atoms with E-state index in [9.17, 15) is 18.1 Å². The standard InChI is InChI=1S/C27H18FN5O3S/c1-36-25-15-23(17-4-2-5-20(28)12-17)19(16-29)14-24(25)26-22-7-6-21(13-18(22)8-11-30-26)37(34,35)33-27-31-9-3-10-32-27/h2-15H,1H3,(H,31,32,33). The zero-order chi connectivity index (χ0) is 26.0. The summed E-state index contributed by atoms with van der Waals surface area (Å²) in [6, 6.07) is 19.3. The molecule has 0 spiro atoms. The van der Waals surface area contributed by atoms with Gasteiger partial charge in [-0.3, -0.25) is 4.98 Å². The molecule has 0 saturated heterocycles. The topological polar surface area (TPSA) is 118 Å². The Bertz CT molecular complexity index is 1790. The van der Waals surface area contributed by atoms with Gasteiger partial charge in [0.05, 0.1) is 29.3 Å². The third kappa shape index (κ3) is 4.68. The highest BCUT2D eigenvalue weighted by molar-refractivity contribution is 7.92. The molecule has 0 aliphatic carbocycles. The van der Waals surface area contributed by atoms with Crippen LogP contribution in [0.1, 0.15) is 5.56 Å². The quantitative estimate of drug-likeness (QED) is 0.334. The van der Waals surface area contributed by atoms with Crippen molar-refractivity contribution in [2.45, 2.75) is 4.90 Å². The van der Waals surface area contributed by atoms with Crippen molar-refractivity contribution in [3.8, 4) is 34.2 Å². The molecule has 1 N–H and O–H groups in total. The SMILES string of the molecule is COc1cc(-c2cccc(F)c2)c(C#N)cc1-c1nccc2cc(S(=O)(=O)Nc3ncccn3)ccc12. The number of hydrogen-bond donors (Lipinski definition) is 1. The molecule has 10 heteroatoms. The van der Waals surface area contributed by atoms with Crippen LogP contribution in [0.5, 0.6) is 5.75 Å². The Morgan fingerprint density at radius 2 is 1.73 bits per heavy atom. The average molecular weight is 512 g/mol. The van der Waals surface area contributed by atoms with Gasteiger partial charge in [0.1, 0.15) is 11.6 Å². The first-order valence-electron chi connectivity index (χ1n) is 11.0. The van der Waals surface area contributed by atoms with Gasteiger partial charge in [0, 0.05) is 35.1 Å². The summed E-state index contributed by atoms with van der Waals surface area (Å²) in [5, 5.41) is 11.1. The van der Waals surface area contributed by atoms with Crippen LogP contribution in [-0.2, 0) is 10.0 Å². The molecule has 3 aromatic carbocycles. The largest absolute Gasteiger partial charge is 0.496 e. The van der Waals surface area contributed by atoms with Gasteiger partial charge in [-0.25, -0.2) is 27.5 Å². The molecule has 5 rings (SSSR count). The number of sulfonamides is 1.